The van der Waals surface area contributed by atoms with E-state index < -0.39 is 11.9 Å². The number of esters is 1. The second kappa shape index (κ2) is 8.86. The van der Waals surface area contributed by atoms with Crippen molar-refractivity contribution in [2.45, 2.75) is 38.1 Å². The molecule has 0 bridgehead atoms. The van der Waals surface area contributed by atoms with Gasteiger partial charge >= 0.3 is 11.9 Å². The summed E-state index contributed by atoms with van der Waals surface area (Å²) in [6.45, 7) is 0. The Morgan fingerprint density at radius 2 is 1.76 bits per heavy atom. The average molecular weight is 346 g/mol. The first-order valence-electron chi connectivity index (χ1n) is 8.20. The van der Waals surface area contributed by atoms with E-state index in [2.05, 4.69) is 15.4 Å². The minimum absolute atomic E-state index is 0.0560. The lowest BCUT2D eigenvalue weighted by molar-refractivity contribution is -0.135. The van der Waals surface area contributed by atoms with Gasteiger partial charge in [-0.2, -0.15) is 0 Å². The highest BCUT2D eigenvalue weighted by Gasteiger charge is 2.19. The van der Waals surface area contributed by atoms with Crippen LogP contribution >= 0.6 is 0 Å². The SMILES string of the molecule is COC(=O)C=C(Nc1ccc(C(=O)O)cc1)C(=O)NC1CCCCC1. The normalized spacial score (nSPS) is 15.3. The standard InChI is InChI=1S/C18H22N2O5/c1-25-16(21)11-15(17(22)20-13-5-3-2-4-6-13)19-14-9-7-12(8-10-14)18(23)24/h7-11,13,19H,2-6H2,1H3,(H,20,22)(H,23,24). The number of anilines is 1. The Labute approximate surface area is 146 Å². The molecule has 7 heteroatoms. The van der Waals surface area contributed by atoms with Gasteiger partial charge < -0.3 is 20.5 Å². The third-order valence-corrected chi connectivity index (χ3v) is 4.06. The first-order valence-corrected chi connectivity index (χ1v) is 8.20. The number of amides is 1. The molecule has 0 atom stereocenters. The number of hydrogen-bond donors (Lipinski definition) is 3. The van der Waals surface area contributed by atoms with Crippen LogP contribution in [0.15, 0.2) is 36.0 Å². The predicted molar refractivity (Wildman–Crippen MR) is 92.1 cm³/mol. The molecule has 2 rings (SSSR count). The van der Waals surface area contributed by atoms with Crippen molar-refractivity contribution in [3.63, 3.8) is 0 Å². The summed E-state index contributed by atoms with van der Waals surface area (Å²) in [5, 5.41) is 14.7. The molecule has 0 unspecified atom stereocenters. The molecule has 1 saturated carbocycles. The molecule has 0 radical (unpaired) electrons. The van der Waals surface area contributed by atoms with Gasteiger partial charge in [0.2, 0.25) is 0 Å². The highest BCUT2D eigenvalue weighted by atomic mass is 16.5. The fraction of sp³-hybridized carbons (Fsp3) is 0.389. The lowest BCUT2D eigenvalue weighted by atomic mass is 9.95. The number of methoxy groups -OCH3 is 1. The van der Waals surface area contributed by atoms with E-state index in [-0.39, 0.29) is 23.2 Å². The number of aromatic carboxylic acids is 1. The Kier molecular flexibility index (Phi) is 6.56. The minimum Gasteiger partial charge on any atom is -0.478 e. The van der Waals surface area contributed by atoms with E-state index in [0.717, 1.165) is 31.8 Å². The highest BCUT2D eigenvalue weighted by Crippen LogP contribution is 2.18. The first-order chi connectivity index (χ1) is 12.0. The van der Waals surface area contributed by atoms with Crippen LogP contribution in [-0.2, 0) is 14.3 Å². The van der Waals surface area contributed by atoms with Gasteiger partial charge in [0, 0.05) is 11.7 Å². The maximum absolute atomic E-state index is 12.5. The molecule has 1 aliphatic rings. The number of carbonyl (C=O) groups excluding carboxylic acids is 2. The van der Waals surface area contributed by atoms with Crippen LogP contribution in [0.1, 0.15) is 42.5 Å². The number of benzene rings is 1. The van der Waals surface area contributed by atoms with Crippen molar-refractivity contribution in [2.24, 2.45) is 0 Å². The Hall–Kier alpha value is -2.83. The second-order valence-corrected chi connectivity index (χ2v) is 5.90. The summed E-state index contributed by atoms with van der Waals surface area (Å²) in [7, 11) is 1.23. The molecule has 0 saturated heterocycles. The molecular formula is C18H22N2O5. The molecular weight excluding hydrogens is 324 g/mol. The molecule has 0 aromatic heterocycles. The maximum Gasteiger partial charge on any atom is 0.335 e. The van der Waals surface area contributed by atoms with Crippen LogP contribution < -0.4 is 10.6 Å². The van der Waals surface area contributed by atoms with Gasteiger partial charge in [0.05, 0.1) is 18.7 Å². The lowest BCUT2D eigenvalue weighted by Gasteiger charge is -2.23. The van der Waals surface area contributed by atoms with Crippen molar-refractivity contribution in [3.05, 3.63) is 41.6 Å². The molecule has 7 nitrogen and oxygen atoms in total. The summed E-state index contributed by atoms with van der Waals surface area (Å²) >= 11 is 0. The molecule has 1 aliphatic carbocycles. The predicted octanol–water partition coefficient (Wildman–Crippen LogP) is 2.30. The topological polar surface area (TPSA) is 105 Å². The van der Waals surface area contributed by atoms with Crippen LogP contribution in [0.3, 0.4) is 0 Å². The largest absolute Gasteiger partial charge is 0.478 e. The Morgan fingerprint density at radius 3 is 2.32 bits per heavy atom. The van der Waals surface area contributed by atoms with Crippen LogP contribution in [0.5, 0.6) is 0 Å². The monoisotopic (exact) mass is 346 g/mol. The number of carboxylic acids is 1. The van der Waals surface area contributed by atoms with Crippen LogP contribution in [-0.4, -0.2) is 36.1 Å². The second-order valence-electron chi connectivity index (χ2n) is 5.90. The summed E-state index contributed by atoms with van der Waals surface area (Å²) in [4.78, 5) is 34.9. The summed E-state index contributed by atoms with van der Waals surface area (Å²) < 4.78 is 4.60. The molecule has 1 aromatic carbocycles. The van der Waals surface area contributed by atoms with Gasteiger partial charge in [-0.1, -0.05) is 19.3 Å². The third-order valence-electron chi connectivity index (χ3n) is 4.06. The van der Waals surface area contributed by atoms with E-state index in [1.54, 1.807) is 0 Å². The number of carboxylic acid groups (broad SMARTS) is 1. The van der Waals surface area contributed by atoms with E-state index in [1.165, 1.54) is 37.8 Å². The van der Waals surface area contributed by atoms with Gasteiger partial charge in [0.15, 0.2) is 0 Å². The molecule has 0 aliphatic heterocycles. The average Bonchev–Trinajstić information content (AvgIpc) is 2.62. The Balaban J connectivity index is 2.11. The number of hydrogen-bond acceptors (Lipinski definition) is 5. The van der Waals surface area contributed by atoms with E-state index in [0.29, 0.717) is 5.69 Å². The fourth-order valence-electron chi connectivity index (χ4n) is 2.70. The zero-order valence-corrected chi connectivity index (χ0v) is 14.1. The van der Waals surface area contributed by atoms with Crippen LogP contribution in [0, 0.1) is 0 Å². The molecule has 134 valence electrons. The third kappa shape index (κ3) is 5.63. The minimum atomic E-state index is -1.04. The van der Waals surface area contributed by atoms with Crippen molar-refractivity contribution in [3.8, 4) is 0 Å². The van der Waals surface area contributed by atoms with E-state index in [4.69, 9.17) is 5.11 Å². The quantitative estimate of drug-likeness (QED) is 0.539. The van der Waals surface area contributed by atoms with Gasteiger partial charge in [-0.05, 0) is 37.1 Å². The summed E-state index contributed by atoms with van der Waals surface area (Å²) in [5.41, 5.74) is 0.690. The van der Waals surface area contributed by atoms with E-state index >= 15 is 0 Å². The lowest BCUT2D eigenvalue weighted by Crippen LogP contribution is -2.38. The van der Waals surface area contributed by atoms with Gasteiger partial charge in [-0.15, -0.1) is 0 Å². The number of carbonyl (C=O) groups is 3. The molecule has 1 aromatic rings. The molecule has 25 heavy (non-hydrogen) atoms. The van der Waals surface area contributed by atoms with Gasteiger partial charge in [-0.3, -0.25) is 4.79 Å². The van der Waals surface area contributed by atoms with E-state index in [1.807, 2.05) is 0 Å². The zero-order chi connectivity index (χ0) is 18.2. The summed E-state index contributed by atoms with van der Waals surface area (Å²) in [6, 6.07) is 5.99. The summed E-state index contributed by atoms with van der Waals surface area (Å²) in [5.74, 6) is -2.07. The highest BCUT2D eigenvalue weighted by molar-refractivity contribution is 6.02. The van der Waals surface area contributed by atoms with Crippen molar-refractivity contribution < 1.29 is 24.2 Å². The zero-order valence-electron chi connectivity index (χ0n) is 14.1. The van der Waals surface area contributed by atoms with Crippen molar-refractivity contribution in [2.75, 3.05) is 12.4 Å². The molecule has 0 heterocycles. The Morgan fingerprint density at radius 1 is 1.12 bits per heavy atom. The van der Waals surface area contributed by atoms with Crippen molar-refractivity contribution >= 4 is 23.5 Å². The van der Waals surface area contributed by atoms with Crippen LogP contribution in [0.4, 0.5) is 5.69 Å². The van der Waals surface area contributed by atoms with Gasteiger partial charge in [-0.25, -0.2) is 9.59 Å². The number of rotatable bonds is 6. The first kappa shape index (κ1) is 18.5. The van der Waals surface area contributed by atoms with Gasteiger partial charge in [0.1, 0.15) is 5.70 Å². The summed E-state index contributed by atoms with van der Waals surface area (Å²) in [6.07, 6.45) is 6.25. The molecule has 1 fully saturated rings. The fourth-order valence-corrected chi connectivity index (χ4v) is 2.70. The van der Waals surface area contributed by atoms with Crippen molar-refractivity contribution in [1.82, 2.24) is 5.32 Å². The van der Waals surface area contributed by atoms with Gasteiger partial charge in [0.25, 0.3) is 5.91 Å². The molecule has 3 N–H and O–H groups in total. The molecule has 0 spiro atoms. The van der Waals surface area contributed by atoms with Crippen molar-refractivity contribution in [1.29, 1.82) is 0 Å². The molecule has 1 amide bonds. The number of ether oxygens (including phenoxy) is 1. The smallest absolute Gasteiger partial charge is 0.335 e. The number of nitrogens with one attached hydrogen (secondary N) is 2. The maximum atomic E-state index is 12.5. The Bertz CT molecular complexity index is 661. The van der Waals surface area contributed by atoms with Crippen LogP contribution in [0.2, 0.25) is 0 Å². The van der Waals surface area contributed by atoms with Crippen LogP contribution in [0.25, 0.3) is 0 Å². The van der Waals surface area contributed by atoms with E-state index in [9.17, 15) is 14.4 Å².